The summed E-state index contributed by atoms with van der Waals surface area (Å²) in [6, 6.07) is 8.37. The summed E-state index contributed by atoms with van der Waals surface area (Å²) in [5.74, 6) is -0.540. The number of unbranched alkanes of at least 4 members (excludes halogenated alkanes) is 3. The molecule has 0 aromatic heterocycles. The molecule has 1 atom stereocenters. The van der Waals surface area contributed by atoms with E-state index in [9.17, 15) is 19.1 Å². The molecule has 0 spiro atoms. The Balaban J connectivity index is 2.21. The highest BCUT2D eigenvalue weighted by atomic mass is 127. The van der Waals surface area contributed by atoms with Crippen LogP contribution in [-0.4, -0.2) is 11.4 Å². The number of Topliss-reactive ketones (excluding diaryl/α,β-unsaturated/α-hetero) is 1. The van der Waals surface area contributed by atoms with Crippen LogP contribution >= 0.6 is 30.2 Å². The van der Waals surface area contributed by atoms with Gasteiger partial charge in [0.2, 0.25) is 0 Å². The highest BCUT2D eigenvalue weighted by Gasteiger charge is 2.17. The summed E-state index contributed by atoms with van der Waals surface area (Å²) in [6.45, 7) is 1.17. The summed E-state index contributed by atoms with van der Waals surface area (Å²) in [4.78, 5) is 33.1. The molecule has 0 bridgehead atoms. The second-order valence-electron chi connectivity index (χ2n) is 5.25. The Kier molecular flexibility index (Phi) is 8.09. The summed E-state index contributed by atoms with van der Waals surface area (Å²) < 4.78 is 12.2. The van der Waals surface area contributed by atoms with Gasteiger partial charge >= 0.3 is 0 Å². The van der Waals surface area contributed by atoms with Crippen molar-refractivity contribution in [3.63, 3.8) is 0 Å². The van der Waals surface area contributed by atoms with Crippen molar-refractivity contribution in [2.24, 2.45) is 0 Å². The Hall–Kier alpha value is -0.230. The third-order valence-electron chi connectivity index (χ3n) is 3.46. The molecule has 1 aromatic carbocycles. The van der Waals surface area contributed by atoms with Crippen LogP contribution in [0.15, 0.2) is 24.3 Å². The van der Waals surface area contributed by atoms with Gasteiger partial charge in [-0.1, -0.05) is 39.0 Å². The van der Waals surface area contributed by atoms with Gasteiger partial charge in [-0.2, -0.15) is 0 Å². The van der Waals surface area contributed by atoms with Crippen molar-refractivity contribution in [1.82, 2.24) is 0 Å². The second-order valence-corrected chi connectivity index (χ2v) is 8.19. The maximum absolute atomic E-state index is 11.2. The van der Waals surface area contributed by atoms with Gasteiger partial charge < -0.3 is 14.4 Å². The molecule has 0 aliphatic heterocycles. The normalized spacial score (nSPS) is 13.1. The van der Waals surface area contributed by atoms with Gasteiger partial charge in [0.05, 0.1) is 0 Å². The van der Waals surface area contributed by atoms with Crippen LogP contribution in [0.3, 0.4) is 0 Å². The standard InChI is InChI=1S/C15H22IO4P/c1-12(17)15(21(18,19)20)7-5-3-2-4-6-13-8-10-14(16)11-9-13/h8-11,15H,2-7H2,1H3,(H2,18,19,20)/p-2. The van der Waals surface area contributed by atoms with E-state index in [1.54, 1.807) is 0 Å². The lowest BCUT2D eigenvalue weighted by atomic mass is 10.0. The van der Waals surface area contributed by atoms with Crippen molar-refractivity contribution in [3.8, 4) is 0 Å². The summed E-state index contributed by atoms with van der Waals surface area (Å²) in [7, 11) is -4.79. The SMILES string of the molecule is CC(=O)C(CCCCCCc1ccc(I)cc1)P(=O)([O-])[O-]. The molecule has 0 N–H and O–H groups in total. The number of carbonyl (C=O) groups is 1. The number of rotatable bonds is 9. The molecule has 6 heteroatoms. The molecular weight excluding hydrogens is 402 g/mol. The fourth-order valence-corrected chi connectivity index (χ4v) is 3.56. The summed E-state index contributed by atoms with van der Waals surface area (Å²) in [5.41, 5.74) is -0.0469. The third-order valence-corrected chi connectivity index (χ3v) is 5.56. The zero-order valence-corrected chi connectivity index (χ0v) is 15.1. The van der Waals surface area contributed by atoms with Crippen molar-refractivity contribution in [2.45, 2.75) is 51.1 Å². The van der Waals surface area contributed by atoms with E-state index in [1.165, 1.54) is 16.1 Å². The average molecular weight is 422 g/mol. The van der Waals surface area contributed by atoms with E-state index in [0.29, 0.717) is 6.42 Å². The zero-order chi connectivity index (χ0) is 15.9. The molecule has 0 saturated heterocycles. The number of carbonyl (C=O) groups excluding carboxylic acids is 1. The number of hydrogen-bond donors (Lipinski definition) is 0. The van der Waals surface area contributed by atoms with E-state index in [1.807, 2.05) is 0 Å². The molecule has 0 fully saturated rings. The topological polar surface area (TPSA) is 80.3 Å². The van der Waals surface area contributed by atoms with Gasteiger partial charge in [-0.05, 0) is 66.5 Å². The fourth-order valence-electron chi connectivity index (χ4n) is 2.26. The van der Waals surface area contributed by atoms with Crippen LogP contribution in [0.5, 0.6) is 0 Å². The Bertz CT molecular complexity index is 495. The van der Waals surface area contributed by atoms with Gasteiger partial charge in [-0.25, -0.2) is 0 Å². The first-order valence-electron chi connectivity index (χ1n) is 7.07. The Morgan fingerprint density at radius 2 is 1.71 bits per heavy atom. The number of benzene rings is 1. The first-order valence-corrected chi connectivity index (χ1v) is 9.76. The van der Waals surface area contributed by atoms with Gasteiger partial charge in [0.25, 0.3) is 0 Å². The lowest BCUT2D eigenvalue weighted by molar-refractivity contribution is -0.315. The number of aryl methyl sites for hydroxylation is 1. The molecule has 0 amide bonds. The molecule has 0 radical (unpaired) electrons. The lowest BCUT2D eigenvalue weighted by Gasteiger charge is -2.36. The fraction of sp³-hybridized carbons (Fsp3) is 0.533. The van der Waals surface area contributed by atoms with Gasteiger partial charge in [0, 0.05) is 9.23 Å². The van der Waals surface area contributed by atoms with Crippen molar-refractivity contribution in [3.05, 3.63) is 33.4 Å². The molecule has 0 saturated carbocycles. The molecule has 1 aromatic rings. The molecule has 4 nitrogen and oxygen atoms in total. The van der Waals surface area contributed by atoms with E-state index in [0.717, 1.165) is 25.7 Å². The van der Waals surface area contributed by atoms with Crippen LogP contribution in [-0.2, 0) is 15.8 Å². The Labute approximate surface area is 139 Å². The molecule has 21 heavy (non-hydrogen) atoms. The van der Waals surface area contributed by atoms with Crippen LogP contribution in [0.4, 0.5) is 0 Å². The van der Waals surface area contributed by atoms with Crippen LogP contribution in [0.1, 0.15) is 44.6 Å². The number of hydrogen-bond acceptors (Lipinski definition) is 4. The van der Waals surface area contributed by atoms with Gasteiger partial charge in [-0.3, -0.25) is 4.79 Å². The summed E-state index contributed by atoms with van der Waals surface area (Å²) >= 11 is 2.27. The van der Waals surface area contributed by atoms with Crippen molar-refractivity contribution >= 4 is 36.0 Å². The van der Waals surface area contributed by atoms with Gasteiger partial charge in [-0.15, -0.1) is 0 Å². The van der Waals surface area contributed by atoms with E-state index in [4.69, 9.17) is 0 Å². The van der Waals surface area contributed by atoms with Crippen molar-refractivity contribution in [2.75, 3.05) is 0 Å². The van der Waals surface area contributed by atoms with Gasteiger partial charge in [0.15, 0.2) is 0 Å². The van der Waals surface area contributed by atoms with Crippen LogP contribution < -0.4 is 9.79 Å². The summed E-state index contributed by atoms with van der Waals surface area (Å²) in [6.07, 6.45) is 4.59. The minimum atomic E-state index is -4.79. The smallest absolute Gasteiger partial charge is 0.137 e. The minimum Gasteiger partial charge on any atom is -0.810 e. The first-order chi connectivity index (χ1) is 9.80. The third kappa shape index (κ3) is 7.54. The highest BCUT2D eigenvalue weighted by molar-refractivity contribution is 14.1. The highest BCUT2D eigenvalue weighted by Crippen LogP contribution is 2.35. The molecule has 1 unspecified atom stereocenters. The molecular formula is C15H20IO4P-2. The largest absolute Gasteiger partial charge is 0.810 e. The molecule has 0 heterocycles. The average Bonchev–Trinajstić information content (AvgIpc) is 2.37. The van der Waals surface area contributed by atoms with Crippen molar-refractivity contribution < 1.29 is 19.1 Å². The van der Waals surface area contributed by atoms with Gasteiger partial charge in [0.1, 0.15) is 5.78 Å². The zero-order valence-electron chi connectivity index (χ0n) is 12.1. The van der Waals surface area contributed by atoms with E-state index < -0.39 is 19.0 Å². The maximum Gasteiger partial charge on any atom is 0.137 e. The monoisotopic (exact) mass is 422 g/mol. The molecule has 1 rings (SSSR count). The van der Waals surface area contributed by atoms with E-state index in [-0.39, 0.29) is 6.42 Å². The minimum absolute atomic E-state index is 0.156. The number of ketones is 1. The molecule has 0 aliphatic rings. The molecule has 118 valence electrons. The predicted molar refractivity (Wildman–Crippen MR) is 88.0 cm³/mol. The number of halogens is 1. The first kappa shape index (κ1) is 18.8. The lowest BCUT2D eigenvalue weighted by Crippen LogP contribution is -2.31. The predicted octanol–water partition coefficient (Wildman–Crippen LogP) is 2.66. The molecule has 0 aliphatic carbocycles. The Morgan fingerprint density at radius 1 is 1.14 bits per heavy atom. The maximum atomic E-state index is 11.2. The van der Waals surface area contributed by atoms with Crippen molar-refractivity contribution in [1.29, 1.82) is 0 Å². The van der Waals surface area contributed by atoms with Crippen LogP contribution in [0.2, 0.25) is 0 Å². The van der Waals surface area contributed by atoms with Crippen LogP contribution in [0.25, 0.3) is 0 Å². The second kappa shape index (κ2) is 9.03. The summed E-state index contributed by atoms with van der Waals surface area (Å²) in [5, 5.41) is 0. The van der Waals surface area contributed by atoms with E-state index in [2.05, 4.69) is 46.9 Å². The van der Waals surface area contributed by atoms with E-state index >= 15 is 0 Å². The van der Waals surface area contributed by atoms with Crippen LogP contribution in [0, 0.1) is 3.57 Å². The quantitative estimate of drug-likeness (QED) is 0.348. The Morgan fingerprint density at radius 3 is 2.24 bits per heavy atom.